The van der Waals surface area contributed by atoms with Gasteiger partial charge in [0.25, 0.3) is 0 Å². The molecule has 0 spiro atoms. The summed E-state index contributed by atoms with van der Waals surface area (Å²) in [5.41, 5.74) is 0.837. The molecule has 0 aromatic heterocycles. The summed E-state index contributed by atoms with van der Waals surface area (Å²) in [4.78, 5) is 13.8. The summed E-state index contributed by atoms with van der Waals surface area (Å²) in [5, 5.41) is 2.76. The number of hydrogen-bond donors (Lipinski definition) is 1. The molecule has 0 fully saturated rings. The van der Waals surface area contributed by atoms with Crippen molar-refractivity contribution in [3.05, 3.63) is 73.9 Å². The molecule has 4 atom stereocenters. The average Bonchev–Trinajstić information content (AvgIpc) is 3.51. The number of carbonyl (C=O) groups excluding carboxylic acids is 1. The van der Waals surface area contributed by atoms with Crippen molar-refractivity contribution in [1.82, 2.24) is 5.32 Å². The predicted octanol–water partition coefficient (Wildman–Crippen LogP) is 13.0. The van der Waals surface area contributed by atoms with E-state index >= 15 is 0 Å². The molecule has 2 aromatic carbocycles. The van der Waals surface area contributed by atoms with Gasteiger partial charge in [0.1, 0.15) is 5.75 Å². The molecule has 0 aliphatic heterocycles. The average molecular weight is 1060 g/mol. The SMILES string of the molecule is C#CC1=CC[C@@H](O[Si](C)(C)C(C)(C)C)[C@]1(O[Si](C)(C)C(C)(C)C)[C@@H](C#C)Oc1c(OC)ccc([C@@H](CC(=O)NC/C=C(/I)COCc2ccc(OC)cc2)O[Si](C)(C)C(C)(C)C)c1Cl. The number of nitrogens with one attached hydrogen (secondary N) is 1. The first-order valence-corrected chi connectivity index (χ1v) is 32.1. The third-order valence-electron chi connectivity index (χ3n) is 13.4. The van der Waals surface area contributed by atoms with Gasteiger partial charge in [-0.05, 0) is 107 Å². The number of amides is 1. The second kappa shape index (κ2) is 22.0. The topological polar surface area (TPSA) is 93.7 Å². The highest BCUT2D eigenvalue weighted by atomic mass is 127. The highest BCUT2D eigenvalue weighted by Crippen LogP contribution is 2.52. The first-order valence-electron chi connectivity index (χ1n) is 22.0. The minimum atomic E-state index is -2.65. The van der Waals surface area contributed by atoms with Crippen molar-refractivity contribution in [3.63, 3.8) is 0 Å². The Morgan fingerprint density at radius 1 is 0.906 bits per heavy atom. The molecule has 1 aliphatic rings. The van der Waals surface area contributed by atoms with Gasteiger partial charge in [-0.15, -0.1) is 12.8 Å². The van der Waals surface area contributed by atoms with Gasteiger partial charge in [-0.2, -0.15) is 0 Å². The molecule has 1 aliphatic carbocycles. The second-order valence-corrected chi connectivity index (χ2v) is 37.1. The van der Waals surface area contributed by atoms with Gasteiger partial charge in [0.15, 0.2) is 48.2 Å². The Morgan fingerprint density at radius 3 is 2.02 bits per heavy atom. The summed E-state index contributed by atoms with van der Waals surface area (Å²) < 4.78 is 46.8. The largest absolute Gasteiger partial charge is 0.497 e. The highest BCUT2D eigenvalue weighted by Gasteiger charge is 2.60. The summed E-state index contributed by atoms with van der Waals surface area (Å²) in [7, 11) is -4.37. The lowest BCUT2D eigenvalue weighted by Crippen LogP contribution is -2.64. The maximum absolute atomic E-state index is 13.8. The smallest absolute Gasteiger partial charge is 0.223 e. The van der Waals surface area contributed by atoms with Crippen LogP contribution in [0.2, 0.25) is 59.4 Å². The Balaban J connectivity index is 2.07. The van der Waals surface area contributed by atoms with Crippen LogP contribution < -0.4 is 19.5 Å². The lowest BCUT2D eigenvalue weighted by Gasteiger charge is -2.51. The lowest BCUT2D eigenvalue weighted by atomic mass is 9.87. The van der Waals surface area contributed by atoms with E-state index in [0.29, 0.717) is 43.1 Å². The molecule has 2 aromatic rings. The number of ether oxygens (including phenoxy) is 4. The minimum Gasteiger partial charge on any atom is -0.497 e. The molecular weight excluding hydrogens is 989 g/mol. The number of rotatable bonds is 20. The van der Waals surface area contributed by atoms with Crippen LogP contribution in [0, 0.1) is 24.7 Å². The van der Waals surface area contributed by atoms with Crippen molar-refractivity contribution < 1.29 is 37.0 Å². The fourth-order valence-corrected chi connectivity index (χ4v) is 11.3. The van der Waals surface area contributed by atoms with E-state index in [1.165, 1.54) is 0 Å². The number of benzene rings is 2. The number of methoxy groups -OCH3 is 2. The van der Waals surface area contributed by atoms with E-state index in [1.807, 2.05) is 42.5 Å². The third-order valence-corrected chi connectivity index (χ3v) is 28.0. The zero-order valence-corrected chi connectivity index (χ0v) is 47.5. The molecular formula is C50H75ClINO8Si3. The van der Waals surface area contributed by atoms with Crippen molar-refractivity contribution in [2.75, 3.05) is 27.4 Å². The molecule has 0 unspecified atom stereocenters. The van der Waals surface area contributed by atoms with Crippen molar-refractivity contribution in [2.45, 2.75) is 160 Å². The maximum atomic E-state index is 13.8. The lowest BCUT2D eigenvalue weighted by molar-refractivity contribution is -0.122. The molecule has 0 saturated carbocycles. The molecule has 0 bridgehead atoms. The quantitative estimate of drug-likeness (QED) is 0.0796. The van der Waals surface area contributed by atoms with Crippen LogP contribution >= 0.6 is 34.2 Å². The Bertz CT molecular complexity index is 2070. The van der Waals surface area contributed by atoms with Gasteiger partial charge in [-0.3, -0.25) is 4.79 Å². The van der Waals surface area contributed by atoms with Gasteiger partial charge in [0, 0.05) is 21.3 Å². The molecule has 3 rings (SSSR count). The Morgan fingerprint density at radius 2 is 1.50 bits per heavy atom. The van der Waals surface area contributed by atoms with Crippen LogP contribution in [-0.4, -0.2) is 76.0 Å². The molecule has 14 heteroatoms. The highest BCUT2D eigenvalue weighted by molar-refractivity contribution is 14.1. The van der Waals surface area contributed by atoms with E-state index in [2.05, 4.69) is 141 Å². The van der Waals surface area contributed by atoms with Crippen LogP contribution in [0.15, 0.2) is 57.7 Å². The molecule has 9 nitrogen and oxygen atoms in total. The number of halogens is 2. The van der Waals surface area contributed by atoms with Gasteiger partial charge < -0.3 is 37.5 Å². The number of hydrogen-bond acceptors (Lipinski definition) is 8. The Kier molecular flexibility index (Phi) is 19.2. The van der Waals surface area contributed by atoms with Crippen LogP contribution in [0.5, 0.6) is 17.2 Å². The van der Waals surface area contributed by atoms with Crippen LogP contribution in [0.4, 0.5) is 0 Å². The summed E-state index contributed by atoms with van der Waals surface area (Å²) in [6.07, 6.45) is 15.0. The fraction of sp³-hybridized carbons (Fsp3) is 0.580. The summed E-state index contributed by atoms with van der Waals surface area (Å²) in [6, 6.07) is 11.4. The van der Waals surface area contributed by atoms with E-state index in [4.69, 9.17) is 56.7 Å². The fourth-order valence-electron chi connectivity index (χ4n) is 6.38. The van der Waals surface area contributed by atoms with Gasteiger partial charge in [0.2, 0.25) is 5.91 Å². The van der Waals surface area contributed by atoms with Gasteiger partial charge >= 0.3 is 0 Å². The van der Waals surface area contributed by atoms with Crippen molar-refractivity contribution in [3.8, 4) is 41.9 Å². The molecule has 0 radical (unpaired) electrons. The molecule has 64 heavy (non-hydrogen) atoms. The normalized spacial score (nSPS) is 18.7. The zero-order valence-electron chi connectivity index (χ0n) is 41.6. The minimum absolute atomic E-state index is 0.000215. The van der Waals surface area contributed by atoms with Crippen molar-refractivity contribution >= 4 is 65.1 Å². The first kappa shape index (κ1) is 55.7. The molecule has 354 valence electrons. The third kappa shape index (κ3) is 13.5. The summed E-state index contributed by atoms with van der Waals surface area (Å²) in [6.45, 7) is 33.8. The van der Waals surface area contributed by atoms with Gasteiger partial charge in [-0.1, -0.05) is 116 Å². The van der Waals surface area contributed by atoms with E-state index < -0.39 is 48.9 Å². The van der Waals surface area contributed by atoms with Gasteiger partial charge in [0.05, 0.1) is 51.1 Å². The monoisotopic (exact) mass is 1060 g/mol. The zero-order chi connectivity index (χ0) is 48.7. The standard InChI is InChI=1S/C50H75ClINO8Si3/c1-20-36-24-29-43(60-63(16,17)48(6,7)8)50(36,61-64(18,19)49(9,10)11)42(21-2)58-46-40(56-13)28-27-39(45(46)51)41(59-62(14,15)47(3,4)5)32-44(54)53-31-30-37(52)34-57-33-35-22-25-38(55-12)26-23-35/h1-2,22-28,30,41-43H,29,31-34H2,3-19H3,(H,53,54)/b37-30+/t41-,42-,43-,50-/m1/s1. The Hall–Kier alpha value is -2.58. The van der Waals surface area contributed by atoms with E-state index in [9.17, 15) is 4.79 Å². The molecule has 1 N–H and O–H groups in total. The van der Waals surface area contributed by atoms with Crippen LogP contribution in [0.1, 0.15) is 92.4 Å². The Labute approximate surface area is 408 Å². The van der Waals surface area contributed by atoms with Crippen LogP contribution in [-0.2, 0) is 29.4 Å². The maximum Gasteiger partial charge on any atom is 0.223 e. The van der Waals surface area contributed by atoms with Crippen LogP contribution in [0.3, 0.4) is 0 Å². The number of carbonyl (C=O) groups is 1. The number of terminal acetylenes is 2. The second-order valence-electron chi connectivity index (χ2n) is 21.1. The van der Waals surface area contributed by atoms with Crippen LogP contribution in [0.25, 0.3) is 0 Å². The van der Waals surface area contributed by atoms with E-state index in [1.54, 1.807) is 20.3 Å². The van der Waals surface area contributed by atoms with Crippen molar-refractivity contribution in [1.29, 1.82) is 0 Å². The first-order chi connectivity index (χ1) is 29.4. The van der Waals surface area contributed by atoms with E-state index in [-0.39, 0.29) is 38.2 Å². The molecule has 0 saturated heterocycles. The van der Waals surface area contributed by atoms with Gasteiger partial charge in [-0.25, -0.2) is 0 Å². The molecule has 0 heterocycles. The molecule has 1 amide bonds. The summed E-state index contributed by atoms with van der Waals surface area (Å²) >= 11 is 9.72. The predicted molar refractivity (Wildman–Crippen MR) is 279 cm³/mol. The van der Waals surface area contributed by atoms with Crippen molar-refractivity contribution in [2.24, 2.45) is 0 Å². The van der Waals surface area contributed by atoms with E-state index in [0.717, 1.165) is 14.9 Å². The summed E-state index contributed by atoms with van der Waals surface area (Å²) in [5.74, 6) is 7.04.